The fraction of sp³-hybridized carbons (Fsp3) is 0.263. The number of halogens is 2. The van der Waals surface area contributed by atoms with Gasteiger partial charge in [0.05, 0.1) is 20.6 Å². The molecular formula is C19H17F2NO7. The van der Waals surface area contributed by atoms with Gasteiger partial charge in [0.2, 0.25) is 0 Å². The fourth-order valence-electron chi connectivity index (χ4n) is 2.57. The summed E-state index contributed by atoms with van der Waals surface area (Å²) in [5.41, 5.74) is 0.748. The highest BCUT2D eigenvalue weighted by atomic mass is 19.3. The molecule has 0 spiro atoms. The normalized spacial score (nSPS) is 13.5. The number of alkyl halides is 2. The fourth-order valence-corrected chi connectivity index (χ4v) is 2.57. The second kappa shape index (κ2) is 8.21. The molecule has 29 heavy (non-hydrogen) atoms. The van der Waals surface area contributed by atoms with Gasteiger partial charge in [-0.05, 0) is 18.2 Å². The molecule has 1 N–H and O–H groups in total. The lowest BCUT2D eigenvalue weighted by atomic mass is 10.1. The molecule has 2 aromatic carbocycles. The van der Waals surface area contributed by atoms with Crippen LogP contribution in [0, 0.1) is 0 Å². The zero-order valence-corrected chi connectivity index (χ0v) is 15.5. The number of carbonyl (C=O) groups is 2. The number of nitrogens with one attached hydrogen (secondary N) is 1. The summed E-state index contributed by atoms with van der Waals surface area (Å²) in [5, 5.41) is 2.42. The number of anilines is 1. The van der Waals surface area contributed by atoms with E-state index in [2.05, 4.69) is 14.8 Å². The minimum atomic E-state index is -3.75. The topological polar surface area (TPSA) is 92.3 Å². The predicted octanol–water partition coefficient (Wildman–Crippen LogP) is 2.75. The first-order valence-electron chi connectivity index (χ1n) is 8.36. The summed E-state index contributed by atoms with van der Waals surface area (Å²) >= 11 is 0. The zero-order valence-electron chi connectivity index (χ0n) is 15.5. The second-order valence-electron chi connectivity index (χ2n) is 5.89. The lowest BCUT2D eigenvalue weighted by molar-refractivity contribution is -0.286. The average Bonchev–Trinajstić information content (AvgIpc) is 2.99. The van der Waals surface area contributed by atoms with Gasteiger partial charge in [0.15, 0.2) is 18.1 Å². The van der Waals surface area contributed by atoms with Crippen LogP contribution in [-0.4, -0.2) is 39.0 Å². The molecule has 1 heterocycles. The van der Waals surface area contributed by atoms with E-state index in [-0.39, 0.29) is 23.6 Å². The van der Waals surface area contributed by atoms with E-state index in [1.807, 2.05) is 0 Å². The molecule has 154 valence electrons. The quantitative estimate of drug-likeness (QED) is 0.703. The van der Waals surface area contributed by atoms with E-state index >= 15 is 0 Å². The van der Waals surface area contributed by atoms with Crippen molar-refractivity contribution in [2.45, 2.75) is 12.7 Å². The number of rotatable bonds is 7. The first-order valence-corrected chi connectivity index (χ1v) is 8.36. The Balaban J connectivity index is 1.52. The van der Waals surface area contributed by atoms with Crippen molar-refractivity contribution >= 4 is 17.6 Å². The highest BCUT2D eigenvalue weighted by molar-refractivity contribution is 5.93. The molecule has 8 nitrogen and oxygen atoms in total. The van der Waals surface area contributed by atoms with E-state index in [9.17, 15) is 18.4 Å². The number of carbonyl (C=O) groups excluding carboxylic acids is 2. The standard InChI is InChI=1S/C19H17F2NO7/c1-25-13-5-3-11(15(9-13)26-2)7-18(24)27-10-17(23)22-12-4-6-14-16(8-12)29-19(20,21)28-14/h3-6,8-9H,7,10H2,1-2H3,(H,22,23). The second-order valence-corrected chi connectivity index (χ2v) is 5.89. The molecule has 0 atom stereocenters. The van der Waals surface area contributed by atoms with Crippen LogP contribution < -0.4 is 24.3 Å². The van der Waals surface area contributed by atoms with Crippen LogP contribution in [0.15, 0.2) is 36.4 Å². The molecular weight excluding hydrogens is 392 g/mol. The maximum absolute atomic E-state index is 13.0. The molecule has 0 saturated heterocycles. The monoisotopic (exact) mass is 409 g/mol. The van der Waals surface area contributed by atoms with Crippen LogP contribution in [0.25, 0.3) is 0 Å². The van der Waals surface area contributed by atoms with Crippen LogP contribution in [-0.2, 0) is 20.7 Å². The summed E-state index contributed by atoms with van der Waals surface area (Å²) in [6.07, 6.45) is -3.86. The molecule has 10 heteroatoms. The van der Waals surface area contributed by atoms with E-state index in [4.69, 9.17) is 14.2 Å². The van der Waals surface area contributed by atoms with Crippen molar-refractivity contribution in [1.29, 1.82) is 0 Å². The average molecular weight is 409 g/mol. The summed E-state index contributed by atoms with van der Waals surface area (Å²) in [5.74, 6) is -0.633. The molecule has 0 aliphatic carbocycles. The highest BCUT2D eigenvalue weighted by Gasteiger charge is 2.43. The maximum Gasteiger partial charge on any atom is 0.586 e. The Morgan fingerprint density at radius 2 is 1.79 bits per heavy atom. The van der Waals surface area contributed by atoms with Gasteiger partial charge >= 0.3 is 12.3 Å². The molecule has 0 saturated carbocycles. The molecule has 3 rings (SSSR count). The van der Waals surface area contributed by atoms with Crippen LogP contribution in [0.2, 0.25) is 0 Å². The minimum absolute atomic E-state index is 0.112. The van der Waals surface area contributed by atoms with E-state index in [1.165, 1.54) is 32.4 Å². The summed E-state index contributed by atoms with van der Waals surface area (Å²) in [4.78, 5) is 24.0. The van der Waals surface area contributed by atoms with Crippen molar-refractivity contribution < 1.29 is 42.1 Å². The summed E-state index contributed by atoms with van der Waals surface area (Å²) < 4.78 is 49.8. The molecule has 0 unspecified atom stereocenters. The predicted molar refractivity (Wildman–Crippen MR) is 95.5 cm³/mol. The third kappa shape index (κ3) is 5.03. The first-order chi connectivity index (χ1) is 13.8. The number of hydrogen-bond acceptors (Lipinski definition) is 7. The van der Waals surface area contributed by atoms with Gasteiger partial charge in [-0.2, -0.15) is 0 Å². The summed E-state index contributed by atoms with van der Waals surface area (Å²) in [6.45, 7) is -0.554. The molecule has 2 aromatic rings. The van der Waals surface area contributed by atoms with Crippen LogP contribution in [0.5, 0.6) is 23.0 Å². The number of hydrogen-bond donors (Lipinski definition) is 1. The number of ether oxygens (including phenoxy) is 5. The number of benzene rings is 2. The van der Waals surface area contributed by atoms with Crippen molar-refractivity contribution in [1.82, 2.24) is 0 Å². The van der Waals surface area contributed by atoms with Gasteiger partial charge in [0.25, 0.3) is 5.91 Å². The van der Waals surface area contributed by atoms with Crippen molar-refractivity contribution in [3.63, 3.8) is 0 Å². The van der Waals surface area contributed by atoms with Crippen molar-refractivity contribution in [3.05, 3.63) is 42.0 Å². The minimum Gasteiger partial charge on any atom is -0.497 e. The Morgan fingerprint density at radius 1 is 1.03 bits per heavy atom. The molecule has 1 aliphatic heterocycles. The lowest BCUT2D eigenvalue weighted by Crippen LogP contribution is -2.25. The van der Waals surface area contributed by atoms with E-state index in [1.54, 1.807) is 18.2 Å². The van der Waals surface area contributed by atoms with Gasteiger partial charge in [-0.15, -0.1) is 8.78 Å². The maximum atomic E-state index is 13.0. The van der Waals surface area contributed by atoms with Gasteiger partial charge in [-0.1, -0.05) is 6.07 Å². The number of amides is 1. The molecule has 1 amide bonds. The molecule has 0 bridgehead atoms. The van der Waals surface area contributed by atoms with Gasteiger partial charge < -0.3 is 29.0 Å². The molecule has 0 fully saturated rings. The number of methoxy groups -OCH3 is 2. The van der Waals surface area contributed by atoms with E-state index < -0.39 is 24.8 Å². The first kappa shape index (κ1) is 20.2. The van der Waals surface area contributed by atoms with Crippen LogP contribution in [0.1, 0.15) is 5.56 Å². The SMILES string of the molecule is COc1ccc(CC(=O)OCC(=O)Nc2ccc3c(c2)OC(F)(F)O3)c(OC)c1. The van der Waals surface area contributed by atoms with Crippen LogP contribution in [0.3, 0.4) is 0 Å². The van der Waals surface area contributed by atoms with Gasteiger partial charge in [-0.25, -0.2) is 0 Å². The largest absolute Gasteiger partial charge is 0.586 e. The van der Waals surface area contributed by atoms with Crippen molar-refractivity contribution in [3.8, 4) is 23.0 Å². The van der Waals surface area contributed by atoms with Gasteiger partial charge in [-0.3, -0.25) is 9.59 Å². The zero-order chi connectivity index (χ0) is 21.0. The Bertz CT molecular complexity index is 933. The van der Waals surface area contributed by atoms with E-state index in [0.717, 1.165) is 0 Å². The highest BCUT2D eigenvalue weighted by Crippen LogP contribution is 2.42. The Morgan fingerprint density at radius 3 is 2.52 bits per heavy atom. The smallest absolute Gasteiger partial charge is 0.497 e. The molecule has 0 aromatic heterocycles. The Kier molecular flexibility index (Phi) is 5.71. The third-order valence-electron chi connectivity index (χ3n) is 3.88. The summed E-state index contributed by atoms with van der Waals surface area (Å²) in [6, 6.07) is 8.71. The van der Waals surface area contributed by atoms with Gasteiger partial charge in [0.1, 0.15) is 11.5 Å². The van der Waals surface area contributed by atoms with E-state index in [0.29, 0.717) is 17.1 Å². The number of esters is 1. The number of fused-ring (bicyclic) bond motifs is 1. The van der Waals surface area contributed by atoms with Crippen molar-refractivity contribution in [2.75, 3.05) is 26.1 Å². The Labute approximate surface area is 164 Å². The third-order valence-corrected chi connectivity index (χ3v) is 3.88. The van der Waals surface area contributed by atoms with Crippen molar-refractivity contribution in [2.24, 2.45) is 0 Å². The lowest BCUT2D eigenvalue weighted by Gasteiger charge is -2.10. The molecule has 1 aliphatic rings. The molecule has 0 radical (unpaired) electrons. The Hall–Kier alpha value is -3.56. The van der Waals surface area contributed by atoms with Gasteiger partial charge in [0, 0.05) is 23.4 Å². The summed E-state index contributed by atoms with van der Waals surface area (Å²) in [7, 11) is 2.96. The van der Waals surface area contributed by atoms with Crippen LogP contribution >= 0.6 is 0 Å². The van der Waals surface area contributed by atoms with Crippen LogP contribution in [0.4, 0.5) is 14.5 Å².